The van der Waals surface area contributed by atoms with Gasteiger partial charge in [0.2, 0.25) is 0 Å². The molecule has 7 nitrogen and oxygen atoms in total. The molecule has 108 valence electrons. The van der Waals surface area contributed by atoms with Crippen LogP contribution in [0.15, 0.2) is 22.9 Å². The molecule has 0 aliphatic rings. The first-order valence-electron chi connectivity index (χ1n) is 5.96. The van der Waals surface area contributed by atoms with Gasteiger partial charge in [0.1, 0.15) is 0 Å². The molecule has 0 saturated carbocycles. The molecule has 8 heteroatoms. The van der Waals surface area contributed by atoms with Crippen molar-refractivity contribution in [1.29, 1.82) is 0 Å². The number of primary amides is 1. The van der Waals surface area contributed by atoms with Crippen molar-refractivity contribution in [3.05, 3.63) is 28.5 Å². The second-order valence-electron chi connectivity index (χ2n) is 4.46. The van der Waals surface area contributed by atoms with Gasteiger partial charge < -0.3 is 21.3 Å². The third kappa shape index (κ3) is 2.77. The van der Waals surface area contributed by atoms with Gasteiger partial charge in [-0.15, -0.1) is 0 Å². The molecule has 5 N–H and O–H groups in total. The molecule has 2 aromatic heterocycles. The monoisotopic (exact) mass is 342 g/mol. The highest BCUT2D eigenvalue weighted by Crippen LogP contribution is 2.26. The van der Waals surface area contributed by atoms with Crippen LogP contribution in [0.1, 0.15) is 17.3 Å². The lowest BCUT2D eigenvalue weighted by atomic mass is 10.1. The summed E-state index contributed by atoms with van der Waals surface area (Å²) in [5.41, 5.74) is 6.58. The molecule has 0 radical (unpaired) electrons. The van der Waals surface area contributed by atoms with E-state index in [9.17, 15) is 15.0 Å². The number of carbonyl (C=O) groups excluding carboxylic acids is 1. The molecule has 2 heterocycles. The molecule has 0 aliphatic carbocycles. The first-order chi connectivity index (χ1) is 9.43. The smallest absolute Gasteiger partial charge is 0.252 e. The fraction of sp³-hybridized carbons (Fsp3) is 0.333. The second-order valence-corrected chi connectivity index (χ2v) is 5.38. The van der Waals surface area contributed by atoms with Crippen molar-refractivity contribution < 1.29 is 15.0 Å². The Morgan fingerprint density at radius 1 is 1.65 bits per heavy atom. The fourth-order valence-corrected chi connectivity index (χ4v) is 2.28. The lowest BCUT2D eigenvalue weighted by Gasteiger charge is -2.22. The summed E-state index contributed by atoms with van der Waals surface area (Å²) in [5.74, 6) is -0.637. The molecule has 0 bridgehead atoms. The van der Waals surface area contributed by atoms with Crippen molar-refractivity contribution in [3.63, 3.8) is 0 Å². The maximum atomic E-state index is 11.5. The number of aliphatic hydroxyl groups is 2. The van der Waals surface area contributed by atoms with E-state index in [4.69, 9.17) is 5.73 Å². The number of aliphatic hydroxyl groups excluding tert-OH is 2. The summed E-state index contributed by atoms with van der Waals surface area (Å²) < 4.78 is 2.35. The lowest BCUT2D eigenvalue weighted by Crippen LogP contribution is -2.35. The van der Waals surface area contributed by atoms with Gasteiger partial charge in [0.15, 0.2) is 0 Å². The largest absolute Gasteiger partial charge is 0.394 e. The molecule has 0 saturated heterocycles. The Bertz CT molecular complexity index is 641. The van der Waals surface area contributed by atoms with E-state index in [0.717, 1.165) is 4.47 Å². The zero-order valence-corrected chi connectivity index (χ0v) is 12.3. The normalized spacial score (nSPS) is 14.2. The van der Waals surface area contributed by atoms with Gasteiger partial charge in [-0.1, -0.05) is 0 Å². The van der Waals surface area contributed by atoms with Crippen molar-refractivity contribution in [3.8, 4) is 0 Å². The van der Waals surface area contributed by atoms with Gasteiger partial charge in [0.05, 0.1) is 41.7 Å². The highest BCUT2D eigenvalue weighted by Gasteiger charge is 2.20. The number of nitrogens with two attached hydrogens (primary N) is 1. The lowest BCUT2D eigenvalue weighted by molar-refractivity contribution is 0.0999. The van der Waals surface area contributed by atoms with E-state index in [1.165, 1.54) is 6.20 Å². The number of aromatic nitrogens is 2. The number of rotatable bonds is 5. The first-order valence-corrected chi connectivity index (χ1v) is 6.75. The quantitative estimate of drug-likeness (QED) is 0.626. The average Bonchev–Trinajstić information content (AvgIpc) is 2.75. The van der Waals surface area contributed by atoms with Crippen molar-refractivity contribution in [1.82, 2.24) is 9.61 Å². The molecule has 0 aliphatic heterocycles. The Kier molecular flexibility index (Phi) is 4.26. The van der Waals surface area contributed by atoms with E-state index in [1.54, 1.807) is 23.7 Å². The Morgan fingerprint density at radius 2 is 2.35 bits per heavy atom. The Labute approximate surface area is 123 Å². The summed E-state index contributed by atoms with van der Waals surface area (Å²) in [4.78, 5) is 11.5. The summed E-state index contributed by atoms with van der Waals surface area (Å²) in [7, 11) is 0. The van der Waals surface area contributed by atoms with Gasteiger partial charge in [-0.25, -0.2) is 4.52 Å². The second kappa shape index (κ2) is 5.78. The fourth-order valence-electron chi connectivity index (χ4n) is 1.87. The number of nitrogens with zero attached hydrogens (tertiary/aromatic N) is 2. The molecule has 1 amide bonds. The van der Waals surface area contributed by atoms with Crippen LogP contribution >= 0.6 is 15.9 Å². The van der Waals surface area contributed by atoms with Crippen molar-refractivity contribution in [2.45, 2.75) is 19.1 Å². The number of amides is 1. The van der Waals surface area contributed by atoms with Crippen LogP contribution in [0.2, 0.25) is 0 Å². The van der Waals surface area contributed by atoms with E-state index < -0.39 is 18.1 Å². The zero-order chi connectivity index (χ0) is 14.9. The molecular weight excluding hydrogens is 328 g/mol. The van der Waals surface area contributed by atoms with E-state index >= 15 is 0 Å². The molecule has 0 unspecified atom stereocenters. The Hall–Kier alpha value is -1.64. The summed E-state index contributed by atoms with van der Waals surface area (Å²) in [6.45, 7) is 1.26. The predicted molar refractivity (Wildman–Crippen MR) is 77.6 cm³/mol. The molecular formula is C12H15BrN4O3. The van der Waals surface area contributed by atoms with Crippen LogP contribution in [0, 0.1) is 0 Å². The standard InChI is InChI=1S/C12H15BrN4O3/c1-6(19)9(5-18)16-11-8(12(14)20)3-15-17-4-7(13)2-10(11)17/h2-4,6,9,16,18-19H,5H2,1H3,(H2,14,20)/t6-,9-/m1/s1. The molecule has 0 fully saturated rings. The van der Waals surface area contributed by atoms with Crippen LogP contribution in [-0.2, 0) is 0 Å². The minimum absolute atomic E-state index is 0.196. The van der Waals surface area contributed by atoms with Gasteiger partial charge in [0.25, 0.3) is 5.91 Å². The van der Waals surface area contributed by atoms with Crippen molar-refractivity contribution in [2.24, 2.45) is 5.73 Å². The number of hydrogen-bond acceptors (Lipinski definition) is 5. The molecule has 2 aromatic rings. The number of anilines is 1. The summed E-state index contributed by atoms with van der Waals surface area (Å²) in [5, 5.41) is 25.9. The maximum Gasteiger partial charge on any atom is 0.252 e. The van der Waals surface area contributed by atoms with E-state index in [-0.39, 0.29) is 12.2 Å². The molecule has 2 atom stereocenters. The zero-order valence-electron chi connectivity index (χ0n) is 10.7. The van der Waals surface area contributed by atoms with E-state index in [0.29, 0.717) is 11.2 Å². The van der Waals surface area contributed by atoms with Crippen LogP contribution < -0.4 is 11.1 Å². The predicted octanol–water partition coefficient (Wildman–Crippen LogP) is 0.349. The Morgan fingerprint density at radius 3 is 2.90 bits per heavy atom. The van der Waals surface area contributed by atoms with Crippen LogP contribution in [0.25, 0.3) is 5.52 Å². The number of hydrogen-bond donors (Lipinski definition) is 4. The summed E-state index contributed by atoms with van der Waals surface area (Å²) >= 11 is 3.33. The van der Waals surface area contributed by atoms with E-state index in [2.05, 4.69) is 26.3 Å². The highest BCUT2D eigenvalue weighted by atomic mass is 79.9. The van der Waals surface area contributed by atoms with Gasteiger partial charge in [0, 0.05) is 10.7 Å². The summed E-state index contributed by atoms with van der Waals surface area (Å²) in [6.07, 6.45) is 2.27. The minimum atomic E-state index is -0.799. The number of fused-ring (bicyclic) bond motifs is 1. The number of nitrogens with one attached hydrogen (secondary N) is 1. The van der Waals surface area contributed by atoms with Crippen molar-refractivity contribution in [2.75, 3.05) is 11.9 Å². The van der Waals surface area contributed by atoms with Gasteiger partial charge in [-0.05, 0) is 28.9 Å². The highest BCUT2D eigenvalue weighted by molar-refractivity contribution is 9.10. The molecule has 0 aromatic carbocycles. The first kappa shape index (κ1) is 14.8. The Balaban J connectivity index is 2.57. The van der Waals surface area contributed by atoms with Gasteiger partial charge >= 0.3 is 0 Å². The van der Waals surface area contributed by atoms with Crippen LogP contribution in [0.5, 0.6) is 0 Å². The molecule has 0 spiro atoms. The topological polar surface area (TPSA) is 113 Å². The molecule has 20 heavy (non-hydrogen) atoms. The van der Waals surface area contributed by atoms with Gasteiger partial charge in [-0.2, -0.15) is 5.10 Å². The maximum absolute atomic E-state index is 11.5. The van der Waals surface area contributed by atoms with Crippen LogP contribution in [-0.4, -0.2) is 44.5 Å². The van der Waals surface area contributed by atoms with E-state index in [1.807, 2.05) is 0 Å². The van der Waals surface area contributed by atoms with Crippen LogP contribution in [0.4, 0.5) is 5.69 Å². The SMILES string of the molecule is C[C@@H](O)[C@@H](CO)Nc1c(C(N)=O)cnn2cc(Br)cc12. The number of halogens is 1. The van der Waals surface area contributed by atoms with Crippen LogP contribution in [0.3, 0.4) is 0 Å². The van der Waals surface area contributed by atoms with Gasteiger partial charge in [-0.3, -0.25) is 4.79 Å². The summed E-state index contributed by atoms with van der Waals surface area (Å²) in [6, 6.07) is 1.14. The third-order valence-electron chi connectivity index (χ3n) is 2.98. The third-order valence-corrected chi connectivity index (χ3v) is 3.41. The minimum Gasteiger partial charge on any atom is -0.394 e. The van der Waals surface area contributed by atoms with Crippen molar-refractivity contribution >= 4 is 33.0 Å². The number of carbonyl (C=O) groups is 1. The average molecular weight is 343 g/mol. The molecule has 2 rings (SSSR count).